The molecule has 2 heterocycles. The lowest BCUT2D eigenvalue weighted by molar-refractivity contribution is 0.623. The predicted octanol–water partition coefficient (Wildman–Crippen LogP) is 9.94. The van der Waals surface area contributed by atoms with E-state index in [4.69, 9.17) is 19.8 Å². The van der Waals surface area contributed by atoms with E-state index >= 15 is 0 Å². The molecule has 0 saturated carbocycles. The summed E-state index contributed by atoms with van der Waals surface area (Å²) in [5.74, 6) is 0.743. The number of nitrogens with one attached hydrogen (secondary N) is 2. The molecule has 9 aromatic rings. The molecule has 0 radical (unpaired) electrons. The van der Waals surface area contributed by atoms with Crippen molar-refractivity contribution in [2.75, 3.05) is 0 Å². The molecular formula is C42H27N5O. The lowest BCUT2D eigenvalue weighted by atomic mass is 9.96. The number of nitrogens with zero attached hydrogens (tertiary/aromatic N) is 3. The number of benzene rings is 7. The minimum absolute atomic E-state index is 0.128. The van der Waals surface area contributed by atoms with Gasteiger partial charge in [0.05, 0.1) is 11.2 Å². The summed E-state index contributed by atoms with van der Waals surface area (Å²) < 4.78 is 6.38. The largest absolute Gasteiger partial charge is 0.435 e. The Labute approximate surface area is 275 Å². The Kier molecular flexibility index (Phi) is 6.50. The molecule has 0 saturated heterocycles. The highest BCUT2D eigenvalue weighted by atomic mass is 16.3. The first-order chi connectivity index (χ1) is 23.7. The van der Waals surface area contributed by atoms with Gasteiger partial charge in [-0.05, 0) is 63.7 Å². The number of fused-ring (bicyclic) bond motifs is 6. The van der Waals surface area contributed by atoms with E-state index in [0.29, 0.717) is 17.1 Å². The lowest BCUT2D eigenvalue weighted by Crippen LogP contribution is -2.17. The molecule has 7 aromatic carbocycles. The number of oxazole rings is 1. The maximum atomic E-state index is 8.93. The summed E-state index contributed by atoms with van der Waals surface area (Å²) in [6.07, 6.45) is 0. The minimum Gasteiger partial charge on any atom is -0.435 e. The second-order valence-corrected chi connectivity index (χ2v) is 11.8. The maximum Gasteiger partial charge on any atom is 0.229 e. The van der Waals surface area contributed by atoms with Crippen molar-refractivity contribution in [1.82, 2.24) is 15.0 Å². The first-order valence-corrected chi connectivity index (χ1v) is 15.8. The van der Waals surface area contributed by atoms with Crippen LogP contribution in [0.3, 0.4) is 0 Å². The molecule has 0 atom stereocenters. The average Bonchev–Trinajstić information content (AvgIpc) is 3.60. The lowest BCUT2D eigenvalue weighted by Gasteiger charge is -2.09. The van der Waals surface area contributed by atoms with Gasteiger partial charge < -0.3 is 9.40 Å². The summed E-state index contributed by atoms with van der Waals surface area (Å²) in [5.41, 5.74) is 8.44. The van der Waals surface area contributed by atoms with Gasteiger partial charge in [0, 0.05) is 27.5 Å². The molecule has 6 nitrogen and oxygen atoms in total. The fourth-order valence-corrected chi connectivity index (χ4v) is 6.41. The molecule has 2 aromatic heterocycles. The second kappa shape index (κ2) is 11.3. The first-order valence-electron chi connectivity index (χ1n) is 15.8. The zero-order valence-electron chi connectivity index (χ0n) is 25.7. The highest BCUT2D eigenvalue weighted by Crippen LogP contribution is 2.36. The van der Waals surface area contributed by atoms with Gasteiger partial charge in [-0.15, -0.1) is 0 Å². The van der Waals surface area contributed by atoms with Crippen molar-refractivity contribution in [1.29, 1.82) is 5.41 Å². The van der Waals surface area contributed by atoms with Crippen LogP contribution in [0.2, 0.25) is 0 Å². The Morgan fingerprint density at radius 1 is 0.583 bits per heavy atom. The summed E-state index contributed by atoms with van der Waals surface area (Å²) in [4.78, 5) is 17.6. The number of hydrogen-bond donors (Lipinski definition) is 2. The Hall–Kier alpha value is -6.66. The summed E-state index contributed by atoms with van der Waals surface area (Å²) in [6.45, 7) is 0. The van der Waals surface area contributed by atoms with Crippen molar-refractivity contribution in [2.24, 2.45) is 4.99 Å². The van der Waals surface area contributed by atoms with Gasteiger partial charge in [-0.3, -0.25) is 5.41 Å². The molecule has 0 unspecified atom stereocenters. The SMILES string of the molecule is N=C(N=c1nc(-c2ccccc2)c2ccccc2[nH]1)c1cccc(-c2ccc3c(ccc4ccc5nc(-c6ccccc6)oc5c43)c2)c1. The molecule has 48 heavy (non-hydrogen) atoms. The fourth-order valence-electron chi connectivity index (χ4n) is 6.41. The fraction of sp³-hybridized carbons (Fsp3) is 0. The molecule has 0 aliphatic carbocycles. The molecule has 0 amide bonds. The van der Waals surface area contributed by atoms with Crippen molar-refractivity contribution < 1.29 is 4.42 Å². The van der Waals surface area contributed by atoms with E-state index < -0.39 is 0 Å². The van der Waals surface area contributed by atoms with Crippen LogP contribution in [0.15, 0.2) is 161 Å². The highest BCUT2D eigenvalue weighted by molar-refractivity contribution is 6.18. The Morgan fingerprint density at radius 3 is 2.15 bits per heavy atom. The van der Waals surface area contributed by atoms with Crippen LogP contribution in [0.1, 0.15) is 5.56 Å². The second-order valence-electron chi connectivity index (χ2n) is 11.8. The van der Waals surface area contributed by atoms with E-state index in [-0.39, 0.29) is 5.84 Å². The van der Waals surface area contributed by atoms with Gasteiger partial charge in [0.25, 0.3) is 0 Å². The monoisotopic (exact) mass is 617 g/mol. The summed E-state index contributed by atoms with van der Waals surface area (Å²) in [6, 6.07) is 50.9. The third kappa shape index (κ3) is 4.84. The molecule has 2 N–H and O–H groups in total. The van der Waals surface area contributed by atoms with Crippen LogP contribution in [0.25, 0.3) is 77.4 Å². The van der Waals surface area contributed by atoms with Crippen LogP contribution in [0, 0.1) is 5.41 Å². The van der Waals surface area contributed by atoms with Crippen molar-refractivity contribution in [3.8, 4) is 33.8 Å². The number of aromatic nitrogens is 3. The van der Waals surface area contributed by atoms with Crippen molar-refractivity contribution >= 4 is 49.4 Å². The normalized spacial score (nSPS) is 12.0. The number of hydrogen-bond acceptors (Lipinski definition) is 4. The third-order valence-electron chi connectivity index (χ3n) is 8.75. The highest BCUT2D eigenvalue weighted by Gasteiger charge is 2.14. The molecule has 226 valence electrons. The van der Waals surface area contributed by atoms with E-state index in [1.165, 1.54) is 0 Å². The van der Waals surface area contributed by atoms with Crippen molar-refractivity contribution in [2.45, 2.75) is 0 Å². The number of rotatable bonds is 4. The molecule has 0 aliphatic heterocycles. The van der Waals surface area contributed by atoms with Gasteiger partial charge in [0.1, 0.15) is 5.52 Å². The molecule has 0 bridgehead atoms. The Morgan fingerprint density at radius 2 is 1.29 bits per heavy atom. The van der Waals surface area contributed by atoms with Crippen LogP contribution in [-0.4, -0.2) is 20.8 Å². The number of H-pyrrole nitrogens is 1. The van der Waals surface area contributed by atoms with E-state index in [9.17, 15) is 0 Å². The van der Waals surface area contributed by atoms with E-state index in [0.717, 1.165) is 71.5 Å². The topological polar surface area (TPSA) is 90.9 Å². The first kappa shape index (κ1) is 27.6. The van der Waals surface area contributed by atoms with Gasteiger partial charge in [-0.25, -0.2) is 9.97 Å². The summed E-state index contributed by atoms with van der Waals surface area (Å²) >= 11 is 0. The van der Waals surface area contributed by atoms with Gasteiger partial charge >= 0.3 is 0 Å². The van der Waals surface area contributed by atoms with Crippen LogP contribution in [0.5, 0.6) is 0 Å². The third-order valence-corrected chi connectivity index (χ3v) is 8.75. The van der Waals surface area contributed by atoms with Crippen molar-refractivity contribution in [3.63, 3.8) is 0 Å². The van der Waals surface area contributed by atoms with Crippen LogP contribution in [-0.2, 0) is 0 Å². The van der Waals surface area contributed by atoms with Crippen molar-refractivity contribution in [3.05, 3.63) is 163 Å². The van der Waals surface area contributed by atoms with E-state index in [1.807, 2.05) is 109 Å². The van der Waals surface area contributed by atoms with E-state index in [1.54, 1.807) is 0 Å². The molecule has 9 rings (SSSR count). The standard InChI is InChI=1S/C42H27N5O/c43-40(47-42-45-35-17-8-7-16-34(35)38(46-42)27-10-3-1-4-11-27)32-15-9-14-29(25-32)30-20-22-33-31(24-30)19-18-26-21-23-36-39(37(26)33)48-41(44-36)28-12-5-2-6-13-28/h1-25H,(H2,43,45,46,47). The van der Waals surface area contributed by atoms with Gasteiger partial charge in [0.15, 0.2) is 11.4 Å². The van der Waals surface area contributed by atoms with Gasteiger partial charge in [-0.1, -0.05) is 115 Å². The summed E-state index contributed by atoms with van der Waals surface area (Å²) in [7, 11) is 0. The van der Waals surface area contributed by atoms with Crippen LogP contribution >= 0.6 is 0 Å². The molecule has 6 heteroatoms. The number of aromatic amines is 1. The molecular weight excluding hydrogens is 590 g/mol. The summed E-state index contributed by atoms with van der Waals surface area (Å²) in [5, 5.41) is 14.3. The predicted molar refractivity (Wildman–Crippen MR) is 194 cm³/mol. The Balaban J connectivity index is 1.10. The zero-order valence-corrected chi connectivity index (χ0v) is 25.7. The van der Waals surface area contributed by atoms with Crippen LogP contribution < -0.4 is 5.62 Å². The minimum atomic E-state index is 0.128. The average molecular weight is 618 g/mol. The zero-order chi connectivity index (χ0) is 32.0. The van der Waals surface area contributed by atoms with Gasteiger partial charge in [0.2, 0.25) is 11.5 Å². The van der Waals surface area contributed by atoms with Crippen LogP contribution in [0.4, 0.5) is 0 Å². The van der Waals surface area contributed by atoms with Gasteiger partial charge in [-0.2, -0.15) is 4.99 Å². The molecule has 0 fully saturated rings. The molecule has 0 aliphatic rings. The number of amidine groups is 1. The Bertz CT molecular complexity index is 2740. The maximum absolute atomic E-state index is 8.93. The number of para-hydroxylation sites is 1. The molecule has 0 spiro atoms. The smallest absolute Gasteiger partial charge is 0.229 e. The quantitative estimate of drug-likeness (QED) is 0.117. The van der Waals surface area contributed by atoms with E-state index in [2.05, 4.69) is 52.4 Å².